The smallest absolute Gasteiger partial charge is 0.253 e. The molecule has 2 aromatic rings. The Morgan fingerprint density at radius 2 is 1.79 bits per heavy atom. The van der Waals surface area contributed by atoms with Gasteiger partial charge in [0, 0.05) is 31.7 Å². The van der Waals surface area contributed by atoms with Crippen molar-refractivity contribution in [1.29, 1.82) is 5.26 Å². The monoisotopic (exact) mass is 396 g/mol. The molecule has 3 rings (SSSR count). The van der Waals surface area contributed by atoms with E-state index in [1.165, 1.54) is 0 Å². The first kappa shape index (κ1) is 19.7. The zero-order valence-corrected chi connectivity index (χ0v) is 16.4. The van der Waals surface area contributed by atoms with Crippen molar-refractivity contribution in [2.24, 2.45) is 0 Å². The molecule has 6 nitrogen and oxygen atoms in total. The molecule has 2 amide bonds. The maximum atomic E-state index is 12.7. The van der Waals surface area contributed by atoms with Gasteiger partial charge in [0.25, 0.3) is 5.91 Å². The molecule has 0 spiro atoms. The van der Waals surface area contributed by atoms with Gasteiger partial charge in [0.1, 0.15) is 6.42 Å². The molecule has 2 aromatic carbocycles. The summed E-state index contributed by atoms with van der Waals surface area (Å²) in [6, 6.07) is 14.7. The zero-order valence-electron chi connectivity index (χ0n) is 15.6. The molecule has 0 radical (unpaired) electrons. The molecule has 1 aliphatic heterocycles. The Morgan fingerprint density at radius 3 is 2.43 bits per heavy atom. The number of rotatable bonds is 4. The first-order valence-corrected chi connectivity index (χ1v) is 9.43. The summed E-state index contributed by atoms with van der Waals surface area (Å²) >= 11 is 6.39. The van der Waals surface area contributed by atoms with Gasteiger partial charge >= 0.3 is 0 Å². The third-order valence-electron chi connectivity index (χ3n) is 4.68. The van der Waals surface area contributed by atoms with E-state index >= 15 is 0 Å². The number of hydrogen-bond donors (Lipinski definition) is 1. The fourth-order valence-corrected chi connectivity index (χ4v) is 3.51. The minimum absolute atomic E-state index is 0.0151. The number of piperazine rings is 1. The average Bonchev–Trinajstić information content (AvgIpc) is 2.69. The van der Waals surface area contributed by atoms with E-state index in [4.69, 9.17) is 16.9 Å². The largest absolute Gasteiger partial charge is 0.365 e. The number of aryl methyl sites for hydroxylation is 1. The van der Waals surface area contributed by atoms with Gasteiger partial charge in [0.05, 0.1) is 22.5 Å². The number of hydrogen-bond acceptors (Lipinski definition) is 4. The standard InChI is InChI=1S/C21H21ClN4O2/c1-15-5-7-16(8-6-15)21(28)26-13-11-25(12-14-26)20-17(22)3-2-4-18(20)24-19(27)9-10-23/h2-8H,9,11-14H2,1H3,(H,24,27). The summed E-state index contributed by atoms with van der Waals surface area (Å²) in [6.07, 6.45) is -0.217. The highest BCUT2D eigenvalue weighted by Crippen LogP contribution is 2.34. The van der Waals surface area contributed by atoms with Gasteiger partial charge in [0.2, 0.25) is 5.91 Å². The van der Waals surface area contributed by atoms with Crippen molar-refractivity contribution in [3.05, 3.63) is 58.6 Å². The van der Waals surface area contributed by atoms with Gasteiger partial charge in [-0.1, -0.05) is 35.4 Å². The van der Waals surface area contributed by atoms with Gasteiger partial charge in [0.15, 0.2) is 0 Å². The van der Waals surface area contributed by atoms with Crippen LogP contribution in [0.4, 0.5) is 11.4 Å². The number of para-hydroxylation sites is 1. The number of amides is 2. The molecule has 0 aromatic heterocycles. The number of nitriles is 1. The van der Waals surface area contributed by atoms with E-state index in [9.17, 15) is 9.59 Å². The number of carbonyl (C=O) groups excluding carboxylic acids is 2. The summed E-state index contributed by atoms with van der Waals surface area (Å²) in [5.74, 6) is -0.361. The highest BCUT2D eigenvalue weighted by molar-refractivity contribution is 6.34. The average molecular weight is 397 g/mol. The molecule has 1 heterocycles. The van der Waals surface area contributed by atoms with Crippen LogP contribution in [0.25, 0.3) is 0 Å². The zero-order chi connectivity index (χ0) is 20.1. The van der Waals surface area contributed by atoms with E-state index in [0.717, 1.165) is 11.3 Å². The molecule has 0 unspecified atom stereocenters. The molecule has 1 aliphatic rings. The van der Waals surface area contributed by atoms with Gasteiger partial charge in [-0.3, -0.25) is 9.59 Å². The second kappa shape index (κ2) is 8.77. The molecule has 28 heavy (non-hydrogen) atoms. The van der Waals surface area contributed by atoms with E-state index in [1.54, 1.807) is 18.2 Å². The quantitative estimate of drug-likeness (QED) is 0.858. The topological polar surface area (TPSA) is 76.4 Å². The van der Waals surface area contributed by atoms with E-state index in [2.05, 4.69) is 10.2 Å². The van der Waals surface area contributed by atoms with Crippen molar-refractivity contribution in [3.8, 4) is 6.07 Å². The Bertz CT molecular complexity index is 913. The van der Waals surface area contributed by atoms with Crippen molar-refractivity contribution in [2.75, 3.05) is 36.4 Å². The van der Waals surface area contributed by atoms with Gasteiger partial charge in [-0.05, 0) is 31.2 Å². The lowest BCUT2D eigenvalue weighted by Crippen LogP contribution is -2.49. The first-order valence-electron chi connectivity index (χ1n) is 9.06. The number of carbonyl (C=O) groups is 2. The van der Waals surface area contributed by atoms with E-state index in [1.807, 2.05) is 42.2 Å². The Labute approximate surface area is 169 Å². The Hall–Kier alpha value is -3.04. The van der Waals surface area contributed by atoms with Gasteiger partial charge in [-0.15, -0.1) is 0 Å². The van der Waals surface area contributed by atoms with E-state index in [-0.39, 0.29) is 18.2 Å². The van der Waals surface area contributed by atoms with Crippen molar-refractivity contribution in [2.45, 2.75) is 13.3 Å². The fraction of sp³-hybridized carbons (Fsp3) is 0.286. The number of anilines is 2. The van der Waals surface area contributed by atoms with E-state index in [0.29, 0.717) is 42.5 Å². The lowest BCUT2D eigenvalue weighted by molar-refractivity contribution is -0.115. The molecule has 0 bridgehead atoms. The van der Waals surface area contributed by atoms with Crippen LogP contribution in [0.15, 0.2) is 42.5 Å². The lowest BCUT2D eigenvalue weighted by atomic mass is 10.1. The second-order valence-electron chi connectivity index (χ2n) is 6.66. The fourth-order valence-electron chi connectivity index (χ4n) is 3.22. The summed E-state index contributed by atoms with van der Waals surface area (Å²) in [4.78, 5) is 28.4. The third-order valence-corrected chi connectivity index (χ3v) is 4.99. The van der Waals surface area contributed by atoms with E-state index < -0.39 is 0 Å². The van der Waals surface area contributed by atoms with Crippen LogP contribution in [-0.2, 0) is 4.79 Å². The van der Waals surface area contributed by atoms with Crippen LogP contribution in [-0.4, -0.2) is 42.9 Å². The highest BCUT2D eigenvalue weighted by Gasteiger charge is 2.25. The predicted molar refractivity (Wildman–Crippen MR) is 110 cm³/mol. The van der Waals surface area contributed by atoms with Crippen LogP contribution in [0.3, 0.4) is 0 Å². The third kappa shape index (κ3) is 4.44. The lowest BCUT2D eigenvalue weighted by Gasteiger charge is -2.37. The molecule has 1 saturated heterocycles. The van der Waals surface area contributed by atoms with Crippen LogP contribution in [0.1, 0.15) is 22.3 Å². The summed E-state index contributed by atoms with van der Waals surface area (Å²) in [6.45, 7) is 4.31. The van der Waals surface area contributed by atoms with Crippen LogP contribution in [0.2, 0.25) is 5.02 Å². The molecule has 0 atom stereocenters. The molecule has 144 valence electrons. The molecule has 0 saturated carbocycles. The minimum atomic E-state index is -0.376. The van der Waals surface area contributed by atoms with Crippen LogP contribution < -0.4 is 10.2 Å². The Kier molecular flexibility index (Phi) is 6.17. The van der Waals surface area contributed by atoms with Crippen LogP contribution >= 0.6 is 11.6 Å². The van der Waals surface area contributed by atoms with Crippen molar-refractivity contribution < 1.29 is 9.59 Å². The normalized spacial score (nSPS) is 13.8. The first-order chi connectivity index (χ1) is 13.5. The van der Waals surface area contributed by atoms with Crippen molar-refractivity contribution in [1.82, 2.24) is 4.90 Å². The number of nitrogens with one attached hydrogen (secondary N) is 1. The number of benzene rings is 2. The molecular formula is C21H21ClN4O2. The summed E-state index contributed by atoms with van der Waals surface area (Å²) in [5.41, 5.74) is 3.09. The van der Waals surface area contributed by atoms with Gasteiger partial charge in [-0.2, -0.15) is 5.26 Å². The van der Waals surface area contributed by atoms with Crippen molar-refractivity contribution >= 4 is 34.8 Å². The minimum Gasteiger partial charge on any atom is -0.365 e. The predicted octanol–water partition coefficient (Wildman–Crippen LogP) is 3.46. The van der Waals surface area contributed by atoms with Crippen LogP contribution in [0.5, 0.6) is 0 Å². The molecule has 1 fully saturated rings. The van der Waals surface area contributed by atoms with Gasteiger partial charge in [-0.25, -0.2) is 0 Å². The Morgan fingerprint density at radius 1 is 1.11 bits per heavy atom. The number of nitrogens with zero attached hydrogens (tertiary/aromatic N) is 3. The van der Waals surface area contributed by atoms with Crippen molar-refractivity contribution in [3.63, 3.8) is 0 Å². The van der Waals surface area contributed by atoms with Gasteiger partial charge < -0.3 is 15.1 Å². The highest BCUT2D eigenvalue weighted by atomic mass is 35.5. The summed E-state index contributed by atoms with van der Waals surface area (Å²) in [5, 5.41) is 12.0. The Balaban J connectivity index is 1.71. The molecule has 1 N–H and O–H groups in total. The summed E-state index contributed by atoms with van der Waals surface area (Å²) in [7, 11) is 0. The maximum absolute atomic E-state index is 12.7. The maximum Gasteiger partial charge on any atom is 0.253 e. The molecule has 0 aliphatic carbocycles. The SMILES string of the molecule is Cc1ccc(C(=O)N2CCN(c3c(Cl)cccc3NC(=O)CC#N)CC2)cc1. The molecule has 7 heteroatoms. The summed E-state index contributed by atoms with van der Waals surface area (Å²) < 4.78 is 0. The second-order valence-corrected chi connectivity index (χ2v) is 7.07. The van der Waals surface area contributed by atoms with Crippen LogP contribution in [0, 0.1) is 18.3 Å². The number of halogens is 1. The molecular weight excluding hydrogens is 376 g/mol.